The zero-order chi connectivity index (χ0) is 13.7. The fraction of sp³-hybridized carbons (Fsp3) is 0.800. The number of aliphatic imine (C=N–C) groups is 2. The van der Waals surface area contributed by atoms with E-state index in [4.69, 9.17) is 16.6 Å². The van der Waals surface area contributed by atoms with Crippen LogP contribution in [0.4, 0.5) is 0 Å². The summed E-state index contributed by atoms with van der Waals surface area (Å²) in [5, 5.41) is 12.3. The van der Waals surface area contributed by atoms with E-state index in [9.17, 15) is 5.11 Å². The number of nitrogens with one attached hydrogen (secondary N) is 1. The number of nitrogens with zero attached hydrogens (tertiary/aromatic N) is 3. The predicted octanol–water partition coefficient (Wildman–Crippen LogP) is -3.02. The Kier molecular flexibility index (Phi) is 3.35. The molecule has 0 saturated carbocycles. The summed E-state index contributed by atoms with van der Waals surface area (Å²) in [6.07, 6.45) is 1.83. The van der Waals surface area contributed by atoms with E-state index in [-0.39, 0.29) is 49.5 Å². The van der Waals surface area contributed by atoms with E-state index in [2.05, 4.69) is 15.3 Å². The van der Waals surface area contributed by atoms with Crippen molar-refractivity contribution in [1.29, 1.82) is 0 Å². The Morgan fingerprint density at radius 3 is 3.05 bits per heavy atom. The molecule has 0 bridgehead atoms. The van der Waals surface area contributed by atoms with Crippen LogP contribution < -0.4 is 11.1 Å². The van der Waals surface area contributed by atoms with Gasteiger partial charge in [-0.1, -0.05) is 0 Å². The van der Waals surface area contributed by atoms with Crippen molar-refractivity contribution in [1.82, 2.24) is 10.2 Å². The van der Waals surface area contributed by atoms with E-state index < -0.39 is 22.0 Å². The Morgan fingerprint density at radius 2 is 2.20 bits per heavy atom. The molecule has 108 valence electrons. The van der Waals surface area contributed by atoms with Crippen molar-refractivity contribution in [2.24, 2.45) is 15.7 Å². The zero-order valence-corrected chi connectivity index (χ0v) is 13.3. The van der Waals surface area contributed by atoms with Crippen LogP contribution in [0, 0.1) is 0 Å². The molecule has 7 atom stereocenters. The summed E-state index contributed by atoms with van der Waals surface area (Å²) in [6, 6.07) is -0.141. The number of fused-ring (bicyclic) bond motifs is 2. The molecule has 0 aromatic rings. The molecular formula is C10H15N5O4Sn. The van der Waals surface area contributed by atoms with Crippen molar-refractivity contribution in [3.8, 4) is 0 Å². The minimum atomic E-state index is -1.26. The molecule has 0 aliphatic carbocycles. The number of aliphatic hydroxyl groups excluding tert-OH is 1. The molecule has 2 radical (unpaired) electrons. The van der Waals surface area contributed by atoms with E-state index in [0.29, 0.717) is 0 Å². The zero-order valence-electron chi connectivity index (χ0n) is 10.5. The fourth-order valence-corrected chi connectivity index (χ4v) is 5.26. The first-order valence-electron chi connectivity index (χ1n) is 6.46. The van der Waals surface area contributed by atoms with Crippen molar-refractivity contribution in [2.45, 2.75) is 42.9 Å². The summed E-state index contributed by atoms with van der Waals surface area (Å²) in [4.78, 5) is 10.7. The van der Waals surface area contributed by atoms with Crippen molar-refractivity contribution < 1.29 is 16.0 Å². The van der Waals surface area contributed by atoms with Crippen LogP contribution in [0.5, 0.6) is 0 Å². The molecule has 0 unspecified atom stereocenters. The molecule has 4 aliphatic heterocycles. The van der Waals surface area contributed by atoms with Gasteiger partial charge in [-0.15, -0.1) is 0 Å². The summed E-state index contributed by atoms with van der Waals surface area (Å²) in [6.45, 7) is -0.0795. The van der Waals surface area contributed by atoms with Gasteiger partial charge < -0.3 is 0 Å². The molecule has 0 amide bonds. The van der Waals surface area contributed by atoms with Gasteiger partial charge in [-0.25, -0.2) is 0 Å². The number of hydrogen-bond acceptors (Lipinski definition) is 9. The summed E-state index contributed by atoms with van der Waals surface area (Å²) < 4.78 is 17.3. The maximum absolute atomic E-state index is 9.39. The average molecular weight is 388 g/mol. The van der Waals surface area contributed by atoms with Crippen molar-refractivity contribution >= 4 is 34.6 Å². The van der Waals surface area contributed by atoms with Crippen LogP contribution >= 0.6 is 0 Å². The maximum atomic E-state index is 9.39. The normalized spacial score (nSPS) is 49.3. The molecule has 4 heterocycles. The van der Waals surface area contributed by atoms with Gasteiger partial charge in [0.25, 0.3) is 0 Å². The third kappa shape index (κ3) is 1.88. The summed E-state index contributed by atoms with van der Waals surface area (Å²) in [5.74, 6) is 0. The summed E-state index contributed by atoms with van der Waals surface area (Å²) >= 11 is -1.26. The van der Waals surface area contributed by atoms with Gasteiger partial charge in [0.1, 0.15) is 0 Å². The van der Waals surface area contributed by atoms with Gasteiger partial charge in [-0.3, -0.25) is 0 Å². The molecule has 4 rings (SSSR count). The molecule has 2 fully saturated rings. The van der Waals surface area contributed by atoms with Crippen LogP contribution in [0.25, 0.3) is 0 Å². The Bertz CT molecular complexity index is 451. The first-order valence-corrected chi connectivity index (χ1v) is 8.79. The Hall–Kier alpha value is -0.461. The summed E-state index contributed by atoms with van der Waals surface area (Å²) in [7, 11) is 0. The molecule has 20 heavy (non-hydrogen) atoms. The SMILES string of the molecule is N[C@@H]1NC=N[C@@H]2[C@@H]1N=CN2[C@@H]1O[C@H](CO)[C@@H]2[O][Sn][O][C@@H]21. The van der Waals surface area contributed by atoms with Crippen LogP contribution in [0.1, 0.15) is 0 Å². The second kappa shape index (κ2) is 5.07. The van der Waals surface area contributed by atoms with Gasteiger partial charge in [-0.2, -0.15) is 0 Å². The number of aliphatic hydroxyl groups is 1. The van der Waals surface area contributed by atoms with Gasteiger partial charge in [0, 0.05) is 0 Å². The minimum absolute atomic E-state index is 0.0795. The molecule has 0 aromatic carbocycles. The van der Waals surface area contributed by atoms with Crippen LogP contribution in [0.3, 0.4) is 0 Å². The topological polar surface area (TPSA) is 114 Å². The average Bonchev–Trinajstić information content (AvgIpc) is 3.12. The Balaban J connectivity index is 1.58. The standard InChI is InChI=1S/C10H15N5O4.Sn/c11-8-5-9(13-2-12-8)15(3-14-5)10-7(18)6(17)4(1-16)19-10;/h2-10,16H,1,11H2,(H,12,13);/q-2;+2/t4-,5-,6+,7+,8-,9+,10-;/m1./s1. The van der Waals surface area contributed by atoms with Crippen molar-refractivity contribution in [2.75, 3.05) is 6.61 Å². The summed E-state index contributed by atoms with van der Waals surface area (Å²) in [5.41, 5.74) is 5.97. The van der Waals surface area contributed by atoms with Crippen molar-refractivity contribution in [3.05, 3.63) is 0 Å². The van der Waals surface area contributed by atoms with Crippen LogP contribution in [0.2, 0.25) is 0 Å². The molecule has 0 spiro atoms. The second-order valence-corrected chi connectivity index (χ2v) is 6.90. The number of rotatable bonds is 2. The molecule has 10 heteroatoms. The van der Waals surface area contributed by atoms with Gasteiger partial charge >= 0.3 is 126 Å². The first-order chi connectivity index (χ1) is 9.79. The quantitative estimate of drug-likeness (QED) is 0.432. The fourth-order valence-electron chi connectivity index (χ4n) is 2.94. The van der Waals surface area contributed by atoms with E-state index in [1.165, 1.54) is 0 Å². The van der Waals surface area contributed by atoms with Gasteiger partial charge in [0.05, 0.1) is 0 Å². The van der Waals surface area contributed by atoms with Gasteiger partial charge in [0.2, 0.25) is 0 Å². The molecule has 0 aromatic heterocycles. The third-order valence-corrected chi connectivity index (χ3v) is 6.08. The van der Waals surface area contributed by atoms with Crippen LogP contribution in [-0.4, -0.2) is 94.2 Å². The third-order valence-electron chi connectivity index (χ3n) is 3.97. The van der Waals surface area contributed by atoms with E-state index in [0.717, 1.165) is 0 Å². The van der Waals surface area contributed by atoms with E-state index >= 15 is 0 Å². The molecule has 9 nitrogen and oxygen atoms in total. The molecular weight excluding hydrogens is 373 g/mol. The van der Waals surface area contributed by atoms with Gasteiger partial charge in [-0.05, 0) is 0 Å². The number of nitrogens with two attached hydrogens (primary N) is 1. The molecule has 4 aliphatic rings. The van der Waals surface area contributed by atoms with Crippen molar-refractivity contribution in [3.63, 3.8) is 0 Å². The molecule has 2 saturated heterocycles. The number of ether oxygens (including phenoxy) is 1. The monoisotopic (exact) mass is 389 g/mol. The molecule has 4 N–H and O–H groups in total. The Morgan fingerprint density at radius 1 is 1.35 bits per heavy atom. The van der Waals surface area contributed by atoms with Crippen LogP contribution in [-0.2, 0) is 10.9 Å². The van der Waals surface area contributed by atoms with E-state index in [1.807, 2.05) is 4.90 Å². The predicted molar refractivity (Wildman–Crippen MR) is 68.8 cm³/mol. The first kappa shape index (κ1) is 13.2. The Labute approximate surface area is 126 Å². The van der Waals surface area contributed by atoms with Gasteiger partial charge in [0.15, 0.2) is 0 Å². The number of hydrogen-bond donors (Lipinski definition) is 3. The second-order valence-electron chi connectivity index (χ2n) is 5.08. The van der Waals surface area contributed by atoms with Crippen LogP contribution in [0.15, 0.2) is 9.98 Å². The van der Waals surface area contributed by atoms with E-state index in [1.54, 1.807) is 12.7 Å².